The smallest absolute Gasteiger partial charge is 0.269 e. The maximum Gasteiger partial charge on any atom is 0.269 e. The molecule has 1 saturated heterocycles. The van der Waals surface area contributed by atoms with Gasteiger partial charge < -0.3 is 14.5 Å². The number of aldehydes is 1. The minimum absolute atomic E-state index is 0.209. The molecular weight excluding hydrogens is 510 g/mol. The number of nitrogens with zero attached hydrogens (tertiary/aromatic N) is 3. The molecule has 4 rings (SSSR count). The average Bonchev–Trinajstić information content (AvgIpc) is 3.39. The molecule has 3 aromatic rings. The summed E-state index contributed by atoms with van der Waals surface area (Å²) in [6, 6.07) is 16.9. The van der Waals surface area contributed by atoms with Gasteiger partial charge in [0.05, 0.1) is 17.9 Å². The molecule has 1 fully saturated rings. The van der Waals surface area contributed by atoms with Crippen molar-refractivity contribution in [3.63, 3.8) is 0 Å². The first-order valence-corrected chi connectivity index (χ1v) is 13.6. The van der Waals surface area contributed by atoms with Crippen molar-refractivity contribution in [2.75, 3.05) is 6.54 Å². The lowest BCUT2D eigenvalue weighted by molar-refractivity contribution is -0.219. The van der Waals surface area contributed by atoms with Crippen molar-refractivity contribution in [3.05, 3.63) is 83.1 Å². The fraction of sp³-hybridized carbons (Fsp3) is 0.433. The third-order valence-electron chi connectivity index (χ3n) is 7.42. The number of aromatic nitrogens is 2. The van der Waals surface area contributed by atoms with Gasteiger partial charge in [-0.1, -0.05) is 74.0 Å². The monoisotopic (exact) mass is 547 g/mol. The zero-order valence-corrected chi connectivity index (χ0v) is 23.6. The van der Waals surface area contributed by atoms with Gasteiger partial charge in [-0.15, -0.1) is 10.2 Å². The fourth-order valence-corrected chi connectivity index (χ4v) is 5.05. The van der Waals surface area contributed by atoms with E-state index in [4.69, 9.17) is 9.25 Å². The minimum atomic E-state index is -1.16. The van der Waals surface area contributed by atoms with Crippen molar-refractivity contribution in [3.8, 4) is 0 Å². The van der Waals surface area contributed by atoms with E-state index in [1.165, 1.54) is 0 Å². The Morgan fingerprint density at radius 3 is 2.60 bits per heavy atom. The third kappa shape index (κ3) is 6.63. The fourth-order valence-electron chi connectivity index (χ4n) is 5.05. The van der Waals surface area contributed by atoms with Gasteiger partial charge in [-0.2, -0.15) is 0 Å². The van der Waals surface area contributed by atoms with E-state index in [9.17, 15) is 14.4 Å². The van der Waals surface area contributed by atoms with Crippen LogP contribution in [0.25, 0.3) is 0 Å². The van der Waals surface area contributed by atoms with Gasteiger partial charge in [-0.25, -0.2) is 5.06 Å². The molecule has 2 aromatic carbocycles. The van der Waals surface area contributed by atoms with Gasteiger partial charge in [0.25, 0.3) is 5.91 Å². The summed E-state index contributed by atoms with van der Waals surface area (Å²) in [7, 11) is 0. The number of hydrogen-bond donors (Lipinski definition) is 2. The van der Waals surface area contributed by atoms with E-state index in [1.807, 2.05) is 62.4 Å². The van der Waals surface area contributed by atoms with Crippen LogP contribution >= 0.6 is 0 Å². The van der Waals surface area contributed by atoms with Crippen LogP contribution in [0.15, 0.2) is 59.0 Å². The van der Waals surface area contributed by atoms with Crippen molar-refractivity contribution in [1.82, 2.24) is 25.9 Å². The first kappa shape index (κ1) is 29.1. The largest absolute Gasteiger partial charge is 0.425 e. The van der Waals surface area contributed by atoms with Crippen LogP contribution < -0.4 is 10.6 Å². The Morgan fingerprint density at radius 1 is 1.18 bits per heavy atom. The molecule has 1 aliphatic heterocycles. The quantitative estimate of drug-likeness (QED) is 0.261. The third-order valence-corrected chi connectivity index (χ3v) is 7.42. The lowest BCUT2D eigenvalue weighted by atomic mass is 9.87. The van der Waals surface area contributed by atoms with E-state index in [1.54, 1.807) is 20.8 Å². The number of amides is 2. The molecule has 10 nitrogen and oxygen atoms in total. The van der Waals surface area contributed by atoms with Crippen LogP contribution in [0, 0.1) is 6.92 Å². The van der Waals surface area contributed by atoms with Crippen LogP contribution in [0.4, 0.5) is 0 Å². The van der Waals surface area contributed by atoms with Crippen LogP contribution in [0.3, 0.4) is 0 Å². The Hall–Kier alpha value is -3.89. The molecule has 2 amide bonds. The summed E-state index contributed by atoms with van der Waals surface area (Å²) in [6.07, 6.45) is 1.10. The molecule has 0 aliphatic carbocycles. The van der Waals surface area contributed by atoms with Gasteiger partial charge in [0, 0.05) is 5.92 Å². The number of carbonyl (C=O) groups excluding carboxylic acids is 3. The van der Waals surface area contributed by atoms with Crippen molar-refractivity contribution in [2.45, 2.75) is 77.1 Å². The number of benzene rings is 2. The Morgan fingerprint density at radius 2 is 1.93 bits per heavy atom. The Balaban J connectivity index is 1.43. The van der Waals surface area contributed by atoms with Crippen LogP contribution in [0.5, 0.6) is 0 Å². The molecule has 0 saturated carbocycles. The lowest BCUT2D eigenvalue weighted by Crippen LogP contribution is -2.62. The second-order valence-corrected chi connectivity index (χ2v) is 10.6. The van der Waals surface area contributed by atoms with Crippen molar-refractivity contribution >= 4 is 18.1 Å². The summed E-state index contributed by atoms with van der Waals surface area (Å²) in [5.41, 5.74) is 1.98. The highest BCUT2D eigenvalue weighted by Crippen LogP contribution is 2.29. The molecule has 1 aliphatic rings. The summed E-state index contributed by atoms with van der Waals surface area (Å²) >= 11 is 0. The summed E-state index contributed by atoms with van der Waals surface area (Å²) in [5, 5.41) is 15.4. The van der Waals surface area contributed by atoms with Crippen LogP contribution in [-0.2, 0) is 25.6 Å². The normalized spacial score (nSPS) is 19.4. The van der Waals surface area contributed by atoms with Gasteiger partial charge in [-0.05, 0) is 38.3 Å². The highest BCUT2D eigenvalue weighted by atomic mass is 16.7. The number of hydrogen-bond acceptors (Lipinski definition) is 8. The van der Waals surface area contributed by atoms with Gasteiger partial charge in [0.1, 0.15) is 25.1 Å². The van der Waals surface area contributed by atoms with Gasteiger partial charge in [0.2, 0.25) is 17.7 Å². The van der Waals surface area contributed by atoms with Crippen LogP contribution in [-0.4, -0.2) is 57.7 Å². The highest BCUT2D eigenvalue weighted by Gasteiger charge is 2.41. The lowest BCUT2D eigenvalue weighted by Gasteiger charge is -2.38. The minimum Gasteiger partial charge on any atom is -0.425 e. The number of hydroxylamine groups is 2. The van der Waals surface area contributed by atoms with Crippen LogP contribution in [0.1, 0.15) is 74.4 Å². The van der Waals surface area contributed by atoms with Crippen molar-refractivity contribution < 1.29 is 23.6 Å². The number of rotatable bonds is 12. The summed E-state index contributed by atoms with van der Waals surface area (Å²) in [6.45, 7) is 8.93. The first-order valence-electron chi connectivity index (χ1n) is 13.6. The predicted octanol–water partition coefficient (Wildman–Crippen LogP) is 3.42. The molecule has 0 bridgehead atoms. The predicted molar refractivity (Wildman–Crippen MR) is 148 cm³/mol. The van der Waals surface area contributed by atoms with Crippen molar-refractivity contribution in [1.29, 1.82) is 0 Å². The van der Waals surface area contributed by atoms with E-state index in [0.29, 0.717) is 24.6 Å². The summed E-state index contributed by atoms with van der Waals surface area (Å²) < 4.78 is 5.92. The van der Waals surface area contributed by atoms with E-state index in [2.05, 4.69) is 26.9 Å². The van der Waals surface area contributed by atoms with E-state index in [0.717, 1.165) is 28.0 Å². The van der Waals surface area contributed by atoms with Gasteiger partial charge in [-0.3, -0.25) is 19.7 Å². The maximum atomic E-state index is 13.4. The summed E-state index contributed by atoms with van der Waals surface area (Å²) in [5.74, 6) is -0.624. The SMILES string of the molecule is CCC(c1ccccc1)C1NC(=O)CN(OC(C)N[C@](C)(C=O)C(C)c2nnc(Cc3cccc(C)c3)o2)C1=O. The van der Waals surface area contributed by atoms with E-state index >= 15 is 0 Å². The van der Waals surface area contributed by atoms with E-state index < -0.39 is 23.7 Å². The van der Waals surface area contributed by atoms with Gasteiger partial charge >= 0.3 is 0 Å². The topological polar surface area (TPSA) is 127 Å². The molecule has 40 heavy (non-hydrogen) atoms. The van der Waals surface area contributed by atoms with Gasteiger partial charge in [0.15, 0.2) is 0 Å². The maximum absolute atomic E-state index is 13.4. The van der Waals surface area contributed by atoms with Crippen LogP contribution in [0.2, 0.25) is 0 Å². The molecule has 0 spiro atoms. The Labute approximate surface area is 234 Å². The molecule has 212 valence electrons. The highest BCUT2D eigenvalue weighted by molar-refractivity contribution is 5.94. The molecule has 10 heteroatoms. The Bertz CT molecular complexity index is 1330. The second kappa shape index (κ2) is 12.5. The first-order chi connectivity index (χ1) is 19.1. The molecule has 5 atom stereocenters. The zero-order chi connectivity index (χ0) is 28.9. The number of piperazine rings is 1. The number of carbonyl (C=O) groups is 3. The standard InChI is InChI=1S/C30H37N5O5/c1-6-24(23-13-8-7-9-14-23)27-29(38)35(17-25(37)31-27)40-21(4)32-30(5,18-36)20(3)28-34-33-26(39-28)16-22-12-10-11-19(2)15-22/h7-15,18,20-21,24,27,32H,6,16-17H2,1-5H3,(H,31,37)/t20?,21?,24?,27?,30-/m1/s1. The average molecular weight is 548 g/mol. The second-order valence-electron chi connectivity index (χ2n) is 10.6. The molecular formula is C30H37N5O5. The molecule has 1 aromatic heterocycles. The molecule has 0 radical (unpaired) electrons. The summed E-state index contributed by atoms with van der Waals surface area (Å²) in [4.78, 5) is 44.2. The number of aryl methyl sites for hydroxylation is 1. The van der Waals surface area contributed by atoms with E-state index in [-0.39, 0.29) is 24.3 Å². The zero-order valence-electron chi connectivity index (χ0n) is 23.6. The Kier molecular flexibility index (Phi) is 9.11. The molecule has 2 N–H and O–H groups in total. The molecule has 4 unspecified atom stereocenters. The molecule has 2 heterocycles. The van der Waals surface area contributed by atoms with Crippen molar-refractivity contribution in [2.24, 2.45) is 0 Å². The number of nitrogens with one attached hydrogen (secondary N) is 2.